The van der Waals surface area contributed by atoms with Gasteiger partial charge in [0.2, 0.25) is 11.9 Å². The van der Waals surface area contributed by atoms with Gasteiger partial charge >= 0.3 is 5.97 Å². The molecule has 1 unspecified atom stereocenters. The number of quaternary nitrogens is 1. The van der Waals surface area contributed by atoms with Crippen LogP contribution in [-0.2, 0) is 4.79 Å². The molecule has 0 aliphatic rings. The lowest BCUT2D eigenvalue weighted by atomic mass is 10.2. The van der Waals surface area contributed by atoms with Crippen molar-refractivity contribution in [1.29, 1.82) is 0 Å². The van der Waals surface area contributed by atoms with Gasteiger partial charge < -0.3 is 9.59 Å². The highest BCUT2D eigenvalue weighted by atomic mass is 16.4. The van der Waals surface area contributed by atoms with Crippen molar-refractivity contribution >= 4 is 5.97 Å². The van der Waals surface area contributed by atoms with E-state index in [9.17, 15) is 4.79 Å². The molecule has 0 aliphatic heterocycles. The van der Waals surface area contributed by atoms with Gasteiger partial charge in [0.15, 0.2) is 0 Å². The zero-order chi connectivity index (χ0) is 10.8. The molecule has 6 nitrogen and oxygen atoms in total. The topological polar surface area (TPSA) is 76.0 Å². The molecule has 0 saturated heterocycles. The van der Waals surface area contributed by atoms with Gasteiger partial charge in [-0.05, 0) is 0 Å². The summed E-state index contributed by atoms with van der Waals surface area (Å²) in [5, 5.41) is 9.05. The Morgan fingerprint density at radius 1 is 1.36 bits per heavy atom. The summed E-state index contributed by atoms with van der Waals surface area (Å²) >= 11 is 0. The van der Waals surface area contributed by atoms with Crippen LogP contribution >= 0.6 is 0 Å². The maximum atomic E-state index is 11.0. The lowest BCUT2D eigenvalue weighted by Gasteiger charge is -2.29. The minimum absolute atomic E-state index is 0.235. The van der Waals surface area contributed by atoms with Crippen LogP contribution in [0.15, 0.2) is 12.7 Å². The quantitative estimate of drug-likeness (QED) is 0.673. The first-order chi connectivity index (χ1) is 6.43. The minimum atomic E-state index is -0.941. The first kappa shape index (κ1) is 10.5. The van der Waals surface area contributed by atoms with E-state index in [2.05, 4.69) is 15.0 Å². The van der Waals surface area contributed by atoms with Gasteiger partial charge in [-0.15, -0.1) is 0 Å². The van der Waals surface area contributed by atoms with Crippen LogP contribution in [0.2, 0.25) is 0 Å². The molecule has 1 N–H and O–H groups in total. The van der Waals surface area contributed by atoms with Gasteiger partial charge in [-0.3, -0.25) is 0 Å². The van der Waals surface area contributed by atoms with E-state index in [1.54, 1.807) is 21.1 Å². The summed E-state index contributed by atoms with van der Waals surface area (Å²) in [5.74, 6) is -0.663. The smallest absolute Gasteiger partial charge is 0.370 e. The van der Waals surface area contributed by atoms with Crippen LogP contribution in [0.5, 0.6) is 0 Å². The van der Waals surface area contributed by atoms with Gasteiger partial charge in [-0.25, -0.2) is 19.7 Å². The molecule has 76 valence electrons. The highest BCUT2D eigenvalue weighted by Gasteiger charge is 2.35. The van der Waals surface area contributed by atoms with Crippen molar-refractivity contribution in [3.8, 4) is 0 Å². The summed E-state index contributed by atoms with van der Waals surface area (Å²) in [5.41, 5.74) is 0. The second-order valence-corrected chi connectivity index (χ2v) is 3.85. The van der Waals surface area contributed by atoms with Crippen molar-refractivity contribution in [3.05, 3.63) is 18.5 Å². The second-order valence-electron chi connectivity index (χ2n) is 3.85. The van der Waals surface area contributed by atoms with E-state index in [0.717, 1.165) is 0 Å². The Labute approximate surface area is 81.8 Å². The van der Waals surface area contributed by atoms with Crippen molar-refractivity contribution in [2.24, 2.45) is 0 Å². The Bertz CT molecular complexity index is 320. The molecule has 14 heavy (non-hydrogen) atoms. The highest BCUT2D eigenvalue weighted by molar-refractivity contribution is 5.72. The Morgan fingerprint density at radius 2 is 1.86 bits per heavy atom. The average Bonchev–Trinajstić information content (AvgIpc) is 2.02. The Morgan fingerprint density at radius 3 is 2.21 bits per heavy atom. The monoisotopic (exact) mass is 197 g/mol. The predicted molar refractivity (Wildman–Crippen MR) is 48.2 cm³/mol. The van der Waals surface area contributed by atoms with Gasteiger partial charge in [-0.1, -0.05) is 0 Å². The third kappa shape index (κ3) is 2.23. The van der Waals surface area contributed by atoms with Crippen LogP contribution in [-0.4, -0.2) is 51.7 Å². The first-order valence-corrected chi connectivity index (χ1v) is 4.08. The van der Waals surface area contributed by atoms with Crippen LogP contribution in [0, 0.1) is 0 Å². The largest absolute Gasteiger partial charge is 0.476 e. The summed E-state index contributed by atoms with van der Waals surface area (Å²) in [7, 11) is 5.34. The lowest BCUT2D eigenvalue weighted by molar-refractivity contribution is -0.893. The number of likely N-dealkylation sites (N-methyl/N-ethyl adjacent to an activating group) is 1. The summed E-state index contributed by atoms with van der Waals surface area (Å²) < 4.78 is 0.235. The van der Waals surface area contributed by atoms with Crippen LogP contribution in [0.25, 0.3) is 0 Å². The van der Waals surface area contributed by atoms with Crippen molar-refractivity contribution < 1.29 is 14.4 Å². The summed E-state index contributed by atoms with van der Waals surface area (Å²) in [4.78, 5) is 22.4. The Hall–Kier alpha value is -1.56. The SMILES string of the molecule is C[N+](C)(C)C(C(=O)O)c1ncncn1. The van der Waals surface area contributed by atoms with Crippen LogP contribution in [0.3, 0.4) is 0 Å². The van der Waals surface area contributed by atoms with Crippen molar-refractivity contribution in [1.82, 2.24) is 15.0 Å². The Balaban J connectivity index is 3.08. The molecule has 1 aromatic rings. The van der Waals surface area contributed by atoms with Gasteiger partial charge in [0.05, 0.1) is 21.1 Å². The van der Waals surface area contributed by atoms with E-state index in [1.165, 1.54) is 12.7 Å². The van der Waals surface area contributed by atoms with E-state index < -0.39 is 12.0 Å². The molecule has 0 radical (unpaired) electrons. The number of rotatable bonds is 3. The molecule has 1 atom stereocenters. The molecule has 1 rings (SSSR count). The summed E-state index contributed by atoms with van der Waals surface area (Å²) in [6.45, 7) is 0. The molecule has 0 aliphatic carbocycles. The number of carbonyl (C=O) groups is 1. The zero-order valence-corrected chi connectivity index (χ0v) is 8.38. The molecule has 0 fully saturated rings. The van der Waals surface area contributed by atoms with Crippen molar-refractivity contribution in [3.63, 3.8) is 0 Å². The molecule has 0 amide bonds. The number of carboxylic acids is 1. The maximum absolute atomic E-state index is 11.0. The third-order valence-corrected chi connectivity index (χ3v) is 1.77. The van der Waals surface area contributed by atoms with Crippen molar-refractivity contribution in [2.45, 2.75) is 6.04 Å². The first-order valence-electron chi connectivity index (χ1n) is 4.08. The molecule has 0 saturated carbocycles. The molecule has 0 aromatic carbocycles. The fraction of sp³-hybridized carbons (Fsp3) is 0.500. The average molecular weight is 197 g/mol. The van der Waals surface area contributed by atoms with Crippen LogP contribution < -0.4 is 0 Å². The van der Waals surface area contributed by atoms with Gasteiger partial charge in [0, 0.05) is 0 Å². The van der Waals surface area contributed by atoms with Crippen LogP contribution in [0.1, 0.15) is 11.9 Å². The number of hydrogen-bond donors (Lipinski definition) is 1. The number of carboxylic acid groups (broad SMARTS) is 1. The second kappa shape index (κ2) is 3.67. The van der Waals surface area contributed by atoms with Crippen LogP contribution in [0.4, 0.5) is 0 Å². The molecule has 0 spiro atoms. The Kier molecular flexibility index (Phi) is 2.76. The van der Waals surface area contributed by atoms with E-state index in [-0.39, 0.29) is 10.3 Å². The molecular weight excluding hydrogens is 184 g/mol. The lowest BCUT2D eigenvalue weighted by Crippen LogP contribution is -2.43. The van der Waals surface area contributed by atoms with E-state index >= 15 is 0 Å². The molecule has 1 aromatic heterocycles. The van der Waals surface area contributed by atoms with E-state index in [1.807, 2.05) is 0 Å². The number of hydrogen-bond acceptors (Lipinski definition) is 4. The van der Waals surface area contributed by atoms with Gasteiger partial charge in [-0.2, -0.15) is 0 Å². The number of aromatic nitrogens is 3. The van der Waals surface area contributed by atoms with E-state index in [4.69, 9.17) is 5.11 Å². The summed E-state index contributed by atoms with van der Waals surface area (Å²) in [6.07, 6.45) is 2.60. The zero-order valence-electron chi connectivity index (χ0n) is 8.38. The molecule has 0 bridgehead atoms. The number of aliphatic carboxylic acids is 1. The molecule has 1 heterocycles. The minimum Gasteiger partial charge on any atom is -0.476 e. The van der Waals surface area contributed by atoms with Gasteiger partial charge in [0.1, 0.15) is 12.7 Å². The van der Waals surface area contributed by atoms with Gasteiger partial charge in [0.25, 0.3) is 0 Å². The molecule has 6 heteroatoms. The fourth-order valence-electron chi connectivity index (χ4n) is 1.18. The third-order valence-electron chi connectivity index (χ3n) is 1.77. The van der Waals surface area contributed by atoms with E-state index in [0.29, 0.717) is 0 Å². The van der Waals surface area contributed by atoms with Crippen molar-refractivity contribution in [2.75, 3.05) is 21.1 Å². The normalized spacial score (nSPS) is 13.6. The predicted octanol–water partition coefficient (Wildman–Crippen LogP) is -0.297. The standard InChI is InChI=1S/C8H12N4O2/c1-12(2,3)6(8(13)14)7-10-4-9-5-11-7/h4-6H,1-3H3/p+1. The fourth-order valence-corrected chi connectivity index (χ4v) is 1.18. The highest BCUT2D eigenvalue weighted by Crippen LogP contribution is 2.18. The summed E-state index contributed by atoms with van der Waals surface area (Å²) in [6, 6.07) is -0.766. The maximum Gasteiger partial charge on any atom is 0.370 e. The number of nitrogens with zero attached hydrogens (tertiary/aromatic N) is 4. The molecular formula is C8H13N4O2+.